The third-order valence-electron chi connectivity index (χ3n) is 3.18. The van der Waals surface area contributed by atoms with Crippen LogP contribution in [0.3, 0.4) is 0 Å². The maximum atomic E-state index is 13.3. The summed E-state index contributed by atoms with van der Waals surface area (Å²) in [6.45, 7) is 2.30. The minimum Gasteiger partial charge on any atom is -0.399 e. The molecule has 0 unspecified atom stereocenters. The van der Waals surface area contributed by atoms with Crippen molar-refractivity contribution >= 4 is 15.7 Å². The van der Waals surface area contributed by atoms with Gasteiger partial charge in [0.2, 0.25) is 10.0 Å². The van der Waals surface area contributed by atoms with Crippen LogP contribution in [0.15, 0.2) is 23.1 Å². The SMILES string of the molecule is C#CCN1CCN(S(=O)(=O)c2cc(N)cc(F)c2)CC1. The molecule has 1 aliphatic rings. The molecule has 1 fully saturated rings. The smallest absolute Gasteiger partial charge is 0.243 e. The number of terminal acetylenes is 1. The Kier molecular flexibility index (Phi) is 4.28. The van der Waals surface area contributed by atoms with Gasteiger partial charge in [-0.15, -0.1) is 6.42 Å². The Balaban J connectivity index is 2.18. The number of sulfonamides is 1. The zero-order chi connectivity index (χ0) is 14.8. The summed E-state index contributed by atoms with van der Waals surface area (Å²) < 4.78 is 39.4. The van der Waals surface area contributed by atoms with Crippen LogP contribution in [0.5, 0.6) is 0 Å². The molecule has 0 radical (unpaired) electrons. The van der Waals surface area contributed by atoms with E-state index in [4.69, 9.17) is 12.2 Å². The van der Waals surface area contributed by atoms with Crippen molar-refractivity contribution in [1.29, 1.82) is 0 Å². The molecule has 0 saturated carbocycles. The predicted octanol–water partition coefficient (Wildman–Crippen LogP) is 0.347. The number of nitrogens with zero attached hydrogens (tertiary/aromatic N) is 2. The quantitative estimate of drug-likeness (QED) is 0.646. The molecule has 1 saturated heterocycles. The first-order chi connectivity index (χ1) is 9.43. The molecule has 2 N–H and O–H groups in total. The molecule has 0 spiro atoms. The van der Waals surface area contributed by atoms with Gasteiger partial charge in [0.05, 0.1) is 11.4 Å². The topological polar surface area (TPSA) is 66.6 Å². The Bertz CT molecular complexity index is 611. The van der Waals surface area contributed by atoms with E-state index in [0.717, 1.165) is 12.1 Å². The number of piperazine rings is 1. The molecule has 7 heteroatoms. The fourth-order valence-electron chi connectivity index (χ4n) is 2.14. The summed E-state index contributed by atoms with van der Waals surface area (Å²) in [6.07, 6.45) is 5.23. The number of hydrogen-bond acceptors (Lipinski definition) is 4. The van der Waals surface area contributed by atoms with Gasteiger partial charge in [-0.2, -0.15) is 4.31 Å². The lowest BCUT2D eigenvalue weighted by Crippen LogP contribution is -2.48. The molecule has 0 aromatic heterocycles. The van der Waals surface area contributed by atoms with Crippen molar-refractivity contribution in [3.63, 3.8) is 0 Å². The van der Waals surface area contributed by atoms with Crippen LogP contribution in [0.25, 0.3) is 0 Å². The Labute approximate surface area is 118 Å². The second-order valence-electron chi connectivity index (χ2n) is 4.60. The lowest BCUT2D eigenvalue weighted by molar-refractivity contribution is 0.207. The van der Waals surface area contributed by atoms with Crippen LogP contribution in [0.1, 0.15) is 0 Å². The largest absolute Gasteiger partial charge is 0.399 e. The van der Waals surface area contributed by atoms with Crippen LogP contribution in [0.4, 0.5) is 10.1 Å². The summed E-state index contributed by atoms with van der Waals surface area (Å²) in [5.74, 6) is 1.87. The Morgan fingerprint density at radius 1 is 1.25 bits per heavy atom. The van der Waals surface area contributed by atoms with E-state index in [1.54, 1.807) is 0 Å². The molecule has 5 nitrogen and oxygen atoms in total. The standard InChI is InChI=1S/C13H16FN3O2S/c1-2-3-16-4-6-17(7-5-16)20(18,19)13-9-11(14)8-12(15)10-13/h1,8-10H,3-7,15H2. The van der Waals surface area contributed by atoms with Crippen molar-refractivity contribution < 1.29 is 12.8 Å². The molecule has 0 amide bonds. The minimum absolute atomic E-state index is 0.0922. The Hall–Kier alpha value is -1.62. The van der Waals surface area contributed by atoms with Crippen LogP contribution >= 0.6 is 0 Å². The number of hydrogen-bond donors (Lipinski definition) is 1. The molecule has 1 aromatic rings. The van der Waals surface area contributed by atoms with E-state index in [1.165, 1.54) is 10.4 Å². The van der Waals surface area contributed by atoms with E-state index >= 15 is 0 Å². The third-order valence-corrected chi connectivity index (χ3v) is 5.05. The van der Waals surface area contributed by atoms with Crippen molar-refractivity contribution in [2.45, 2.75) is 4.90 Å². The lowest BCUT2D eigenvalue weighted by atomic mass is 10.3. The normalized spacial score (nSPS) is 17.8. The van der Waals surface area contributed by atoms with Gasteiger partial charge in [-0.3, -0.25) is 4.90 Å². The van der Waals surface area contributed by atoms with Gasteiger partial charge in [-0.25, -0.2) is 12.8 Å². The second-order valence-corrected chi connectivity index (χ2v) is 6.54. The van der Waals surface area contributed by atoms with E-state index < -0.39 is 15.8 Å². The summed E-state index contributed by atoms with van der Waals surface area (Å²) in [5, 5.41) is 0. The number of rotatable bonds is 3. The van der Waals surface area contributed by atoms with E-state index in [1.807, 2.05) is 4.90 Å². The summed E-state index contributed by atoms with van der Waals surface area (Å²) in [4.78, 5) is 1.88. The molecular weight excluding hydrogens is 281 g/mol. The number of anilines is 1. The monoisotopic (exact) mass is 297 g/mol. The van der Waals surface area contributed by atoms with E-state index in [2.05, 4.69) is 5.92 Å². The Morgan fingerprint density at radius 2 is 1.90 bits per heavy atom. The lowest BCUT2D eigenvalue weighted by Gasteiger charge is -2.32. The third kappa shape index (κ3) is 3.10. The highest BCUT2D eigenvalue weighted by atomic mass is 32.2. The van der Waals surface area contributed by atoms with E-state index in [-0.39, 0.29) is 10.6 Å². The van der Waals surface area contributed by atoms with Gasteiger partial charge in [0.15, 0.2) is 0 Å². The average molecular weight is 297 g/mol. The van der Waals surface area contributed by atoms with Crippen LogP contribution in [-0.2, 0) is 10.0 Å². The molecule has 0 atom stereocenters. The van der Waals surface area contributed by atoms with Gasteiger partial charge in [0, 0.05) is 31.9 Å². The highest BCUT2D eigenvalue weighted by molar-refractivity contribution is 7.89. The first-order valence-corrected chi connectivity index (χ1v) is 7.59. The average Bonchev–Trinajstić information content (AvgIpc) is 2.38. The van der Waals surface area contributed by atoms with Gasteiger partial charge < -0.3 is 5.73 Å². The van der Waals surface area contributed by atoms with Crippen LogP contribution in [-0.4, -0.2) is 50.3 Å². The van der Waals surface area contributed by atoms with Crippen molar-refractivity contribution in [3.05, 3.63) is 24.0 Å². The molecule has 0 aliphatic carbocycles. The molecule has 0 bridgehead atoms. The molecule has 1 aromatic carbocycles. The number of halogens is 1. The highest BCUT2D eigenvalue weighted by Crippen LogP contribution is 2.21. The van der Waals surface area contributed by atoms with Gasteiger partial charge in [0.1, 0.15) is 5.82 Å². The summed E-state index contributed by atoms with van der Waals surface area (Å²) in [7, 11) is -3.71. The van der Waals surface area contributed by atoms with E-state index in [0.29, 0.717) is 32.7 Å². The summed E-state index contributed by atoms with van der Waals surface area (Å²) in [5.41, 5.74) is 5.59. The van der Waals surface area contributed by atoms with Crippen molar-refractivity contribution in [2.24, 2.45) is 0 Å². The number of nitrogens with two attached hydrogens (primary N) is 1. The number of nitrogen functional groups attached to an aromatic ring is 1. The second kappa shape index (κ2) is 5.79. The van der Waals surface area contributed by atoms with Gasteiger partial charge >= 0.3 is 0 Å². The molecule has 108 valence electrons. The van der Waals surface area contributed by atoms with Crippen molar-refractivity contribution in [1.82, 2.24) is 9.21 Å². The Morgan fingerprint density at radius 3 is 2.45 bits per heavy atom. The summed E-state index contributed by atoms with van der Waals surface area (Å²) in [6, 6.07) is 3.34. The fraction of sp³-hybridized carbons (Fsp3) is 0.385. The maximum Gasteiger partial charge on any atom is 0.243 e. The van der Waals surface area contributed by atoms with Crippen LogP contribution in [0, 0.1) is 18.2 Å². The van der Waals surface area contributed by atoms with Gasteiger partial charge in [-0.05, 0) is 18.2 Å². The molecule has 2 rings (SSSR count). The molecule has 20 heavy (non-hydrogen) atoms. The number of benzene rings is 1. The molecular formula is C13H16FN3O2S. The predicted molar refractivity (Wildman–Crippen MR) is 74.8 cm³/mol. The zero-order valence-corrected chi connectivity index (χ0v) is 11.7. The van der Waals surface area contributed by atoms with Crippen LogP contribution < -0.4 is 5.73 Å². The first kappa shape index (κ1) is 14.8. The first-order valence-electron chi connectivity index (χ1n) is 6.15. The van der Waals surface area contributed by atoms with Gasteiger partial charge in [-0.1, -0.05) is 5.92 Å². The van der Waals surface area contributed by atoms with Crippen molar-refractivity contribution in [3.8, 4) is 12.3 Å². The summed E-state index contributed by atoms with van der Waals surface area (Å²) >= 11 is 0. The zero-order valence-electron chi connectivity index (χ0n) is 10.9. The molecule has 1 aliphatic heterocycles. The fourth-order valence-corrected chi connectivity index (χ4v) is 3.63. The van der Waals surface area contributed by atoms with Crippen LogP contribution in [0.2, 0.25) is 0 Å². The van der Waals surface area contributed by atoms with Crippen molar-refractivity contribution in [2.75, 3.05) is 38.5 Å². The maximum absolute atomic E-state index is 13.3. The van der Waals surface area contributed by atoms with Gasteiger partial charge in [0.25, 0.3) is 0 Å². The minimum atomic E-state index is -3.71. The molecule has 1 heterocycles. The van der Waals surface area contributed by atoms with E-state index in [9.17, 15) is 12.8 Å². The highest BCUT2D eigenvalue weighted by Gasteiger charge is 2.28.